The molecule has 5 nitrogen and oxygen atoms in total. The Hall–Kier alpha value is -2.65. The smallest absolute Gasteiger partial charge is 0.251 e. The lowest BCUT2D eigenvalue weighted by Gasteiger charge is -2.21. The first-order valence-corrected chi connectivity index (χ1v) is 10.5. The minimum atomic E-state index is -0.682. The highest BCUT2D eigenvalue weighted by Gasteiger charge is 2.28. The van der Waals surface area contributed by atoms with Crippen LogP contribution in [0.25, 0.3) is 0 Å². The predicted octanol–water partition coefficient (Wildman–Crippen LogP) is 4.20. The molecule has 28 heavy (non-hydrogen) atoms. The van der Waals surface area contributed by atoms with Gasteiger partial charge < -0.3 is 10.6 Å². The fourth-order valence-corrected chi connectivity index (χ4v) is 4.75. The molecule has 1 aromatic heterocycles. The molecule has 1 aliphatic carbocycles. The molecule has 0 spiro atoms. The topological polar surface area (TPSA) is 82.0 Å². The monoisotopic (exact) mass is 395 g/mol. The summed E-state index contributed by atoms with van der Waals surface area (Å²) >= 11 is 1.49. The van der Waals surface area contributed by atoms with Gasteiger partial charge in [-0.05, 0) is 56.2 Å². The average Bonchev–Trinajstić information content (AvgIpc) is 3.02. The number of carbonyl (C=O) groups is 2. The normalized spacial score (nSPS) is 14.1. The number of rotatable bonds is 5. The summed E-state index contributed by atoms with van der Waals surface area (Å²) in [4.78, 5) is 26.7. The maximum absolute atomic E-state index is 12.9. The number of fused-ring (bicyclic) bond motifs is 1. The van der Waals surface area contributed by atoms with Crippen LogP contribution in [-0.2, 0) is 17.6 Å². The summed E-state index contributed by atoms with van der Waals surface area (Å²) in [7, 11) is 0. The summed E-state index contributed by atoms with van der Waals surface area (Å²) in [5.74, 6) is -0.650. The summed E-state index contributed by atoms with van der Waals surface area (Å²) in [6, 6.07) is 8.85. The molecule has 0 bridgehead atoms. The van der Waals surface area contributed by atoms with Crippen molar-refractivity contribution in [1.29, 1.82) is 5.26 Å². The van der Waals surface area contributed by atoms with Crippen LogP contribution < -0.4 is 10.6 Å². The largest absolute Gasteiger partial charge is 0.340 e. The molecule has 146 valence electrons. The summed E-state index contributed by atoms with van der Waals surface area (Å²) in [5, 5.41) is 15.9. The molecule has 1 aromatic carbocycles. The van der Waals surface area contributed by atoms with Crippen molar-refractivity contribution in [3.63, 3.8) is 0 Å². The Kier molecular flexibility index (Phi) is 6.15. The maximum atomic E-state index is 12.9. The summed E-state index contributed by atoms with van der Waals surface area (Å²) < 4.78 is 0. The Morgan fingerprint density at radius 1 is 1.21 bits per heavy atom. The van der Waals surface area contributed by atoms with Crippen LogP contribution in [-0.4, -0.2) is 17.9 Å². The molecule has 0 aliphatic heterocycles. The van der Waals surface area contributed by atoms with Crippen molar-refractivity contribution in [2.45, 2.75) is 52.5 Å². The maximum Gasteiger partial charge on any atom is 0.251 e. The van der Waals surface area contributed by atoms with Gasteiger partial charge in [-0.25, -0.2) is 0 Å². The number of carbonyl (C=O) groups excluding carboxylic acids is 2. The number of nitrogens with one attached hydrogen (secondary N) is 2. The third-order valence-electron chi connectivity index (χ3n) is 5.04. The van der Waals surface area contributed by atoms with Crippen LogP contribution in [0.2, 0.25) is 0 Å². The first-order valence-electron chi connectivity index (χ1n) is 9.63. The number of nitriles is 1. The zero-order chi connectivity index (χ0) is 20.3. The number of hydrogen-bond donors (Lipinski definition) is 2. The van der Waals surface area contributed by atoms with E-state index in [1.165, 1.54) is 16.2 Å². The lowest BCUT2D eigenvalue weighted by Crippen LogP contribution is -2.47. The highest BCUT2D eigenvalue weighted by molar-refractivity contribution is 7.16. The van der Waals surface area contributed by atoms with E-state index in [1.807, 2.05) is 32.9 Å². The second-order valence-electron chi connectivity index (χ2n) is 7.58. The molecule has 3 rings (SSSR count). The van der Waals surface area contributed by atoms with Gasteiger partial charge in [-0.15, -0.1) is 11.3 Å². The Balaban J connectivity index is 1.78. The van der Waals surface area contributed by atoms with E-state index < -0.39 is 6.04 Å². The molecular formula is C22H25N3O2S. The van der Waals surface area contributed by atoms with E-state index in [4.69, 9.17) is 0 Å². The number of thiophene rings is 1. The van der Waals surface area contributed by atoms with Crippen molar-refractivity contribution < 1.29 is 9.59 Å². The fourth-order valence-electron chi connectivity index (χ4n) is 3.51. The molecule has 0 radical (unpaired) electrons. The number of hydrogen-bond acceptors (Lipinski definition) is 4. The standard InChI is InChI=1S/C22H25N3O2S/c1-13(2)19(24-20(26)15-8-6-7-14(3)11-15)21(27)25-22-17(12-23)16-9-4-5-10-18(16)28-22/h6-8,11,13,19H,4-5,9-10H2,1-3H3,(H,24,26)(H,25,27). The van der Waals surface area contributed by atoms with Crippen LogP contribution in [0.3, 0.4) is 0 Å². The molecule has 2 N–H and O–H groups in total. The quantitative estimate of drug-likeness (QED) is 0.796. The predicted molar refractivity (Wildman–Crippen MR) is 112 cm³/mol. The lowest BCUT2D eigenvalue weighted by atomic mass is 9.96. The fraction of sp³-hybridized carbons (Fsp3) is 0.409. The van der Waals surface area contributed by atoms with Gasteiger partial charge in [0.05, 0.1) is 5.56 Å². The highest BCUT2D eigenvalue weighted by Crippen LogP contribution is 2.37. The highest BCUT2D eigenvalue weighted by atomic mass is 32.1. The Bertz CT molecular complexity index is 940. The second-order valence-corrected chi connectivity index (χ2v) is 8.69. The van der Waals surface area contributed by atoms with Crippen molar-refractivity contribution in [3.05, 3.63) is 51.4 Å². The van der Waals surface area contributed by atoms with Crippen LogP contribution in [0.5, 0.6) is 0 Å². The molecule has 0 saturated carbocycles. The number of anilines is 1. The second kappa shape index (κ2) is 8.57. The van der Waals surface area contributed by atoms with Gasteiger partial charge in [0.2, 0.25) is 5.91 Å². The average molecular weight is 396 g/mol. The number of benzene rings is 1. The van der Waals surface area contributed by atoms with Crippen LogP contribution in [0.4, 0.5) is 5.00 Å². The van der Waals surface area contributed by atoms with Gasteiger partial charge in [-0.2, -0.15) is 5.26 Å². The lowest BCUT2D eigenvalue weighted by molar-refractivity contribution is -0.118. The molecule has 2 aromatic rings. The van der Waals surface area contributed by atoms with Gasteiger partial charge in [-0.3, -0.25) is 9.59 Å². The number of amides is 2. The Morgan fingerprint density at radius 3 is 2.64 bits per heavy atom. The van der Waals surface area contributed by atoms with Crippen LogP contribution in [0, 0.1) is 24.2 Å². The minimum absolute atomic E-state index is 0.0890. The van der Waals surface area contributed by atoms with Crippen molar-refractivity contribution in [1.82, 2.24) is 5.32 Å². The first-order chi connectivity index (χ1) is 13.4. The molecule has 1 aliphatic rings. The zero-order valence-electron chi connectivity index (χ0n) is 16.5. The van der Waals surface area contributed by atoms with E-state index in [1.54, 1.807) is 12.1 Å². The van der Waals surface area contributed by atoms with Gasteiger partial charge >= 0.3 is 0 Å². The zero-order valence-corrected chi connectivity index (χ0v) is 17.3. The van der Waals surface area contributed by atoms with Gasteiger partial charge in [0.25, 0.3) is 5.91 Å². The molecule has 1 heterocycles. The number of nitrogens with zero attached hydrogens (tertiary/aromatic N) is 1. The summed E-state index contributed by atoms with van der Waals surface area (Å²) in [6.07, 6.45) is 4.05. The van der Waals surface area contributed by atoms with Gasteiger partial charge in [0, 0.05) is 10.4 Å². The van der Waals surface area contributed by atoms with E-state index in [2.05, 4.69) is 16.7 Å². The van der Waals surface area contributed by atoms with E-state index >= 15 is 0 Å². The molecular weight excluding hydrogens is 370 g/mol. The molecule has 6 heteroatoms. The third-order valence-corrected chi connectivity index (χ3v) is 6.24. The third kappa shape index (κ3) is 4.26. The van der Waals surface area contributed by atoms with Gasteiger partial charge in [0.15, 0.2) is 0 Å². The van der Waals surface area contributed by atoms with Gasteiger partial charge in [-0.1, -0.05) is 31.5 Å². The molecule has 1 unspecified atom stereocenters. The van der Waals surface area contributed by atoms with E-state index in [-0.39, 0.29) is 17.7 Å². The van der Waals surface area contributed by atoms with Crippen molar-refractivity contribution in [2.24, 2.45) is 5.92 Å². The van der Waals surface area contributed by atoms with E-state index in [0.717, 1.165) is 36.8 Å². The molecule has 0 fully saturated rings. The van der Waals surface area contributed by atoms with Crippen molar-refractivity contribution in [3.8, 4) is 6.07 Å². The van der Waals surface area contributed by atoms with Gasteiger partial charge in [0.1, 0.15) is 17.1 Å². The van der Waals surface area contributed by atoms with E-state index in [0.29, 0.717) is 16.1 Å². The van der Waals surface area contributed by atoms with E-state index in [9.17, 15) is 14.9 Å². The summed E-state index contributed by atoms with van der Waals surface area (Å²) in [6.45, 7) is 5.71. The Morgan fingerprint density at radius 2 is 1.96 bits per heavy atom. The van der Waals surface area contributed by atoms with Crippen LogP contribution in [0.1, 0.15) is 58.6 Å². The SMILES string of the molecule is Cc1cccc(C(=O)NC(C(=O)Nc2sc3c(c2C#N)CCCC3)C(C)C)c1. The first kappa shape index (κ1) is 20.1. The molecule has 2 amide bonds. The van der Waals surface area contributed by atoms with Crippen LogP contribution in [0.15, 0.2) is 24.3 Å². The molecule has 0 saturated heterocycles. The number of aryl methyl sites for hydroxylation is 2. The van der Waals surface area contributed by atoms with Crippen molar-refractivity contribution in [2.75, 3.05) is 5.32 Å². The van der Waals surface area contributed by atoms with Crippen LogP contribution >= 0.6 is 11.3 Å². The Labute approximate surface area is 169 Å². The molecule has 1 atom stereocenters. The van der Waals surface area contributed by atoms with Crippen molar-refractivity contribution >= 4 is 28.2 Å². The summed E-state index contributed by atoms with van der Waals surface area (Å²) in [5.41, 5.74) is 3.18. The minimum Gasteiger partial charge on any atom is -0.340 e.